The van der Waals surface area contributed by atoms with Crippen LogP contribution in [0.15, 0.2) is 65.7 Å². The van der Waals surface area contributed by atoms with Crippen LogP contribution in [0, 0.1) is 23.7 Å². The third kappa shape index (κ3) is 31.5. The third-order valence-electron chi connectivity index (χ3n) is 15.0. The van der Waals surface area contributed by atoms with Gasteiger partial charge in [-0.3, -0.25) is 72.1 Å². The molecule has 0 aliphatic heterocycles. The number of rotatable bonds is 44. The molecular formula is C64H100N18O16. The number of hydrogen-bond donors (Lipinski definition) is 18. The number of nitrogens with two attached hydrogens (primary N) is 6. The molecule has 0 aliphatic carbocycles. The Morgan fingerprint density at radius 1 is 0.408 bits per heavy atom. The second-order valence-corrected chi connectivity index (χ2v) is 25.2. The molecule has 0 fully saturated rings. The maximum atomic E-state index is 14.6. The topological polar surface area (TPSA) is 577 Å². The number of carbonyl (C=O) groups excluding carboxylic acids is 14. The summed E-state index contributed by atoms with van der Waals surface area (Å²) in [7, 11) is 0. The van der Waals surface area contributed by atoms with Gasteiger partial charge in [0, 0.05) is 32.2 Å². The molecule has 11 atom stereocenters. The van der Waals surface area contributed by atoms with E-state index in [9.17, 15) is 77.0 Å². The zero-order chi connectivity index (χ0) is 74.1. The van der Waals surface area contributed by atoms with E-state index in [-0.39, 0.29) is 63.4 Å². The highest BCUT2D eigenvalue weighted by Gasteiger charge is 2.38. The molecule has 98 heavy (non-hydrogen) atoms. The maximum absolute atomic E-state index is 14.6. The molecule has 0 saturated carbocycles. The highest BCUT2D eigenvalue weighted by Crippen LogP contribution is 2.14. The van der Waals surface area contributed by atoms with E-state index in [1.54, 1.807) is 102 Å². The molecule has 34 heteroatoms. The van der Waals surface area contributed by atoms with Crippen LogP contribution in [0.4, 0.5) is 0 Å². The lowest BCUT2D eigenvalue weighted by atomic mass is 9.99. The van der Waals surface area contributed by atoms with Gasteiger partial charge >= 0.3 is 5.97 Å². The Morgan fingerprint density at radius 2 is 0.776 bits per heavy atom. The van der Waals surface area contributed by atoms with Crippen molar-refractivity contribution in [2.24, 2.45) is 63.1 Å². The summed E-state index contributed by atoms with van der Waals surface area (Å²) in [6, 6.07) is 1.11. The smallest absolute Gasteiger partial charge is 0.326 e. The van der Waals surface area contributed by atoms with Crippen LogP contribution < -0.4 is 92.9 Å². The van der Waals surface area contributed by atoms with Crippen LogP contribution in [0.25, 0.3) is 0 Å². The first kappa shape index (κ1) is 83.8. The molecule has 0 heterocycles. The number of carboxylic acids is 1. The Bertz CT molecular complexity index is 3110. The molecule has 2 aromatic rings. The summed E-state index contributed by atoms with van der Waals surface area (Å²) < 4.78 is 0. The van der Waals surface area contributed by atoms with E-state index in [0.717, 1.165) is 0 Å². The molecule has 2 aromatic carbocycles. The van der Waals surface area contributed by atoms with Crippen LogP contribution in [0.2, 0.25) is 0 Å². The Kier molecular flexibility index (Phi) is 36.2. The standard InChI is InChI=1S/C64H100N18O16/c1-32(2)27-42(78-60(94)50(33(3)4)80-49(86)31-72-54(88)40(22-24-46(66)83)73-53(87)36(9)65)57(91)74-41(23-25-47(67)84)56(90)77-44(30-48(68)85)59(93)82-51(34(5)6)61(95)75-39(21-16-26-71-64(69)70)55(89)76-43(28-37-17-12-10-13-18-37)58(92)81-52(35(7)8)62(96)79-45(63(97)98)29-38-19-14-11-15-20-38/h10-15,17-20,32-36,39-45,50-52H,16,21-31,65H2,1-9H3,(H2,66,83)(H2,67,84)(H2,68,85)(H,72,88)(H,73,87)(H,74,91)(H,75,95)(H,76,89)(H,77,90)(H,78,94)(H,79,96)(H,80,86)(H,81,92)(H,82,93)(H,97,98)(H4,69,70,71)/t36-,39-,40-,41-,42-,43-,44-,45-,50-,51-,52-/m0/s1. The number of aliphatic carboxylic acids is 1. The summed E-state index contributed by atoms with van der Waals surface area (Å²) in [6.45, 7) is 13.4. The highest BCUT2D eigenvalue weighted by atomic mass is 16.4. The van der Waals surface area contributed by atoms with E-state index in [1.807, 2.05) is 0 Å². The van der Waals surface area contributed by atoms with Crippen molar-refractivity contribution >= 4 is 94.6 Å². The van der Waals surface area contributed by atoms with Gasteiger partial charge in [-0.15, -0.1) is 0 Å². The van der Waals surface area contributed by atoms with Gasteiger partial charge in [-0.1, -0.05) is 116 Å². The zero-order valence-electron chi connectivity index (χ0n) is 56.9. The van der Waals surface area contributed by atoms with Crippen LogP contribution in [0.5, 0.6) is 0 Å². The minimum Gasteiger partial charge on any atom is -0.480 e. The van der Waals surface area contributed by atoms with Crippen molar-refractivity contribution in [2.45, 2.75) is 193 Å². The van der Waals surface area contributed by atoms with Gasteiger partial charge in [0.25, 0.3) is 0 Å². The van der Waals surface area contributed by atoms with E-state index >= 15 is 0 Å². The number of benzene rings is 2. The van der Waals surface area contributed by atoms with Crippen molar-refractivity contribution in [1.29, 1.82) is 0 Å². The number of carboxylic acid groups (broad SMARTS) is 1. The van der Waals surface area contributed by atoms with E-state index in [4.69, 9.17) is 34.4 Å². The van der Waals surface area contributed by atoms with Crippen LogP contribution in [0.3, 0.4) is 0 Å². The molecule has 0 spiro atoms. The van der Waals surface area contributed by atoms with Crippen LogP contribution in [-0.2, 0) is 84.8 Å². The molecule has 0 radical (unpaired) electrons. The minimum absolute atomic E-state index is 0.0388. The Hall–Kier alpha value is -10.3. The number of aliphatic imine (C=N–C) groups is 1. The van der Waals surface area contributed by atoms with E-state index in [2.05, 4.69) is 63.5 Å². The molecule has 24 N–H and O–H groups in total. The lowest BCUT2D eigenvalue weighted by Gasteiger charge is -2.29. The summed E-state index contributed by atoms with van der Waals surface area (Å²) >= 11 is 0. The summed E-state index contributed by atoms with van der Waals surface area (Å²) in [5.41, 5.74) is 34.2. The van der Waals surface area contributed by atoms with Gasteiger partial charge in [0.2, 0.25) is 82.7 Å². The summed E-state index contributed by atoms with van der Waals surface area (Å²) in [6.07, 6.45) is -2.86. The number of amides is 14. The molecule has 542 valence electrons. The van der Waals surface area contributed by atoms with Crippen molar-refractivity contribution < 1.29 is 77.0 Å². The van der Waals surface area contributed by atoms with Gasteiger partial charge < -0.3 is 98.0 Å². The fourth-order valence-corrected chi connectivity index (χ4v) is 9.64. The van der Waals surface area contributed by atoms with Gasteiger partial charge in [0.1, 0.15) is 60.4 Å². The lowest BCUT2D eigenvalue weighted by Crippen LogP contribution is -2.62. The van der Waals surface area contributed by atoms with Gasteiger partial charge in [-0.25, -0.2) is 4.79 Å². The van der Waals surface area contributed by atoms with Crippen molar-refractivity contribution in [1.82, 2.24) is 58.5 Å². The molecule has 2 rings (SSSR count). The number of hydrogen-bond acceptors (Lipinski definition) is 17. The Balaban J connectivity index is 2.47. The normalized spacial score (nSPS) is 14.5. The summed E-state index contributed by atoms with van der Waals surface area (Å²) in [4.78, 5) is 205. The minimum atomic E-state index is -1.88. The predicted molar refractivity (Wildman–Crippen MR) is 358 cm³/mol. The number of carbonyl (C=O) groups is 15. The summed E-state index contributed by atoms with van der Waals surface area (Å²) in [5.74, 6) is -17.1. The van der Waals surface area contributed by atoms with Gasteiger partial charge in [-0.2, -0.15) is 0 Å². The second kappa shape index (κ2) is 42.3. The summed E-state index contributed by atoms with van der Waals surface area (Å²) in [5, 5.41) is 37.6. The molecule has 0 bridgehead atoms. The van der Waals surface area contributed by atoms with Gasteiger partial charge in [-0.05, 0) is 73.8 Å². The monoisotopic (exact) mass is 1380 g/mol. The van der Waals surface area contributed by atoms with Gasteiger partial charge in [0.15, 0.2) is 5.96 Å². The van der Waals surface area contributed by atoms with Crippen molar-refractivity contribution in [3.05, 3.63) is 71.8 Å². The third-order valence-corrected chi connectivity index (χ3v) is 15.0. The zero-order valence-corrected chi connectivity index (χ0v) is 56.9. The Morgan fingerprint density at radius 3 is 1.20 bits per heavy atom. The molecule has 0 saturated heterocycles. The first-order valence-corrected chi connectivity index (χ1v) is 32.2. The number of nitrogens with zero attached hydrogens (tertiary/aromatic N) is 1. The average molecular weight is 1380 g/mol. The van der Waals surface area contributed by atoms with Crippen molar-refractivity contribution in [3.8, 4) is 0 Å². The molecule has 14 amide bonds. The van der Waals surface area contributed by atoms with E-state index < -0.39 is 199 Å². The van der Waals surface area contributed by atoms with Crippen molar-refractivity contribution in [3.63, 3.8) is 0 Å². The first-order chi connectivity index (χ1) is 45.9. The fourth-order valence-electron chi connectivity index (χ4n) is 9.64. The predicted octanol–water partition coefficient (Wildman–Crippen LogP) is -4.66. The largest absolute Gasteiger partial charge is 0.480 e. The van der Waals surface area contributed by atoms with E-state index in [1.165, 1.54) is 20.8 Å². The highest BCUT2D eigenvalue weighted by molar-refractivity contribution is 6.00. The van der Waals surface area contributed by atoms with Crippen LogP contribution >= 0.6 is 0 Å². The first-order valence-electron chi connectivity index (χ1n) is 32.2. The molecule has 0 aliphatic rings. The molecule has 0 unspecified atom stereocenters. The SMILES string of the molecule is CC(C)C[C@H](NC(=O)[C@@H](NC(=O)CNC(=O)[C@H](CCC(N)=O)NC(=O)[C@H](C)N)C(C)C)C(=O)N[C@@H](CCC(N)=O)C(=O)N[C@@H](CC(N)=O)C(=O)N[C@H](C(=O)N[C@@H](CCCN=C(N)N)C(=O)N[C@@H](Cc1ccccc1)C(=O)N[C@H](C(=O)N[C@@H](Cc1ccccc1)C(=O)O)C(C)C)C(C)C. The Labute approximate surface area is 569 Å². The maximum Gasteiger partial charge on any atom is 0.326 e. The number of primary amides is 3. The van der Waals surface area contributed by atoms with Crippen molar-refractivity contribution in [2.75, 3.05) is 13.1 Å². The molecular weight excluding hydrogens is 1280 g/mol. The number of guanidine groups is 1. The quantitative estimate of drug-likeness (QED) is 0.0168. The average Bonchev–Trinajstić information content (AvgIpc) is 0.859. The van der Waals surface area contributed by atoms with Gasteiger partial charge in [0.05, 0.1) is 19.0 Å². The number of nitrogens with one attached hydrogen (secondary N) is 11. The van der Waals surface area contributed by atoms with Crippen LogP contribution in [-0.4, -0.2) is 179 Å². The molecule has 34 nitrogen and oxygen atoms in total. The molecule has 0 aromatic heterocycles. The fraction of sp³-hybridized carbons (Fsp3) is 0.562. The lowest BCUT2D eigenvalue weighted by molar-refractivity contribution is -0.142. The van der Waals surface area contributed by atoms with Crippen LogP contribution in [0.1, 0.15) is 125 Å². The second-order valence-electron chi connectivity index (χ2n) is 25.2. The van der Waals surface area contributed by atoms with E-state index in [0.29, 0.717) is 11.1 Å².